The fourth-order valence-electron chi connectivity index (χ4n) is 7.51. The third-order valence-corrected chi connectivity index (χ3v) is 11.4. The highest BCUT2D eigenvalue weighted by atomic mass is 16.5. The fourth-order valence-corrected chi connectivity index (χ4v) is 7.51. The van der Waals surface area contributed by atoms with Crippen molar-refractivity contribution < 1.29 is 43.7 Å². The highest BCUT2D eigenvalue weighted by molar-refractivity contribution is 5.96. The van der Waals surface area contributed by atoms with E-state index in [2.05, 4.69) is 29.4 Å². The van der Waals surface area contributed by atoms with E-state index in [-0.39, 0.29) is 17.7 Å². The van der Waals surface area contributed by atoms with Gasteiger partial charge in [0, 0.05) is 41.3 Å². The van der Waals surface area contributed by atoms with Crippen LogP contribution in [0, 0.1) is 29.6 Å². The van der Waals surface area contributed by atoms with Crippen LogP contribution in [0.1, 0.15) is 94.9 Å². The third-order valence-electron chi connectivity index (χ3n) is 11.4. The molecule has 0 bridgehead atoms. The lowest BCUT2D eigenvalue weighted by Crippen LogP contribution is -2.64. The van der Waals surface area contributed by atoms with Gasteiger partial charge in [-0.2, -0.15) is 0 Å². The van der Waals surface area contributed by atoms with Crippen LogP contribution in [0.2, 0.25) is 0 Å². The van der Waals surface area contributed by atoms with Crippen LogP contribution in [0.15, 0.2) is 0 Å². The Morgan fingerprint density at radius 2 is 1.27 bits per heavy atom. The molecule has 348 valence electrons. The standard InChI is InChI=1S/C43H82N8O9/c1-26(2)15-17-45-32(23-27(3)4)41(57)49(13)36(29(7)8)43(59)50(14)37(38(54)30(9)16-18-51-19-21-60-22-20-51)40(56)46-35(31(10)52)42(58)47(11)25-34(53)48(12)33(39(44)55)24-28(5)6/h26-33,35-38,45,52,54H,15-25H2,1-14H3,(H2,44,55)(H,46,56)/t30-,31-,32+,33+,35+,36+,37+,38-/m1/s1. The molecule has 0 radical (unpaired) electrons. The fraction of sp³-hybridized carbons (Fsp3) is 0.860. The average Bonchev–Trinajstić information content (AvgIpc) is 3.16. The van der Waals surface area contributed by atoms with Gasteiger partial charge in [0.2, 0.25) is 35.4 Å². The Morgan fingerprint density at radius 1 is 0.717 bits per heavy atom. The number of carbonyl (C=O) groups is 6. The number of hydrogen-bond donors (Lipinski definition) is 5. The van der Waals surface area contributed by atoms with Crippen LogP contribution >= 0.6 is 0 Å². The normalized spacial score (nSPS) is 17.7. The number of hydrogen-bond acceptors (Lipinski definition) is 11. The number of likely N-dealkylation sites (N-methyl/N-ethyl adjacent to an activating group) is 4. The molecule has 0 aromatic rings. The molecule has 17 nitrogen and oxygen atoms in total. The summed E-state index contributed by atoms with van der Waals surface area (Å²) in [5, 5.41) is 28.8. The zero-order valence-corrected chi connectivity index (χ0v) is 39.3. The molecule has 1 fully saturated rings. The highest BCUT2D eigenvalue weighted by Gasteiger charge is 2.43. The van der Waals surface area contributed by atoms with Crippen LogP contribution < -0.4 is 16.4 Å². The first-order valence-corrected chi connectivity index (χ1v) is 21.9. The Kier molecular flexibility index (Phi) is 23.8. The van der Waals surface area contributed by atoms with Crippen molar-refractivity contribution in [1.82, 2.24) is 35.1 Å². The predicted molar refractivity (Wildman–Crippen MR) is 232 cm³/mol. The van der Waals surface area contributed by atoms with Gasteiger partial charge >= 0.3 is 0 Å². The van der Waals surface area contributed by atoms with Gasteiger partial charge in [-0.3, -0.25) is 33.7 Å². The van der Waals surface area contributed by atoms with Crippen molar-refractivity contribution in [2.75, 3.05) is 74.1 Å². The molecule has 0 unspecified atom stereocenters. The number of carbonyl (C=O) groups excluding carboxylic acids is 6. The van der Waals surface area contributed by atoms with Crippen molar-refractivity contribution in [3.63, 3.8) is 0 Å². The lowest BCUT2D eigenvalue weighted by molar-refractivity contribution is -0.154. The molecule has 60 heavy (non-hydrogen) atoms. The number of primary amides is 1. The number of aliphatic hydroxyl groups excluding tert-OH is 2. The molecule has 17 heteroatoms. The molecular formula is C43H82N8O9. The van der Waals surface area contributed by atoms with E-state index in [9.17, 15) is 39.0 Å². The molecule has 0 aromatic heterocycles. The first-order chi connectivity index (χ1) is 27.8. The molecule has 1 aliphatic rings. The molecule has 1 heterocycles. The number of amides is 6. The number of nitrogens with zero attached hydrogens (tertiary/aromatic N) is 5. The SMILES string of the molecule is CC(C)CCN[C@@H](CC(C)C)C(=O)N(C)[C@H](C(=O)N(C)[C@H](C(=O)N[C@H](C(=O)N(C)CC(=O)N(C)[C@@H](CC(C)C)C(N)=O)[C@@H](C)O)[C@H](O)[C@H](C)CCN1CCOCC1)C(C)C. The van der Waals surface area contributed by atoms with Gasteiger partial charge in [-0.25, -0.2) is 0 Å². The molecule has 1 saturated heterocycles. The molecule has 6 N–H and O–H groups in total. The van der Waals surface area contributed by atoms with E-state index in [1.807, 2.05) is 41.5 Å². The van der Waals surface area contributed by atoms with Gasteiger partial charge in [-0.05, 0) is 75.3 Å². The van der Waals surface area contributed by atoms with Crippen LogP contribution in [0.4, 0.5) is 0 Å². The van der Waals surface area contributed by atoms with Gasteiger partial charge in [0.25, 0.3) is 0 Å². The van der Waals surface area contributed by atoms with E-state index in [1.165, 1.54) is 37.9 Å². The second kappa shape index (κ2) is 26.2. The Labute approximate surface area is 360 Å². The number of rotatable bonds is 26. The van der Waals surface area contributed by atoms with Gasteiger partial charge in [-0.1, -0.05) is 62.3 Å². The van der Waals surface area contributed by atoms with Crippen LogP contribution in [-0.4, -0.2) is 187 Å². The summed E-state index contributed by atoms with van der Waals surface area (Å²) in [4.78, 5) is 89.6. The summed E-state index contributed by atoms with van der Waals surface area (Å²) < 4.78 is 5.47. The Bertz CT molecular complexity index is 1370. The first kappa shape index (κ1) is 54.6. The van der Waals surface area contributed by atoms with E-state index in [0.29, 0.717) is 51.5 Å². The minimum atomic E-state index is -1.58. The van der Waals surface area contributed by atoms with Crippen molar-refractivity contribution in [3.05, 3.63) is 0 Å². The molecule has 0 spiro atoms. The molecule has 1 rings (SSSR count). The minimum Gasteiger partial charge on any atom is -0.391 e. The van der Waals surface area contributed by atoms with E-state index >= 15 is 0 Å². The second-order valence-corrected chi connectivity index (χ2v) is 18.5. The summed E-state index contributed by atoms with van der Waals surface area (Å²) >= 11 is 0. The number of nitrogens with two attached hydrogens (primary N) is 1. The van der Waals surface area contributed by atoms with Crippen LogP contribution in [0.3, 0.4) is 0 Å². The lowest BCUT2D eigenvalue weighted by Gasteiger charge is -2.40. The second-order valence-electron chi connectivity index (χ2n) is 18.5. The third kappa shape index (κ3) is 17.2. The summed E-state index contributed by atoms with van der Waals surface area (Å²) in [5.41, 5.74) is 5.58. The summed E-state index contributed by atoms with van der Waals surface area (Å²) in [6, 6.07) is -5.59. The Balaban J connectivity index is 3.54. The largest absolute Gasteiger partial charge is 0.391 e. The molecule has 6 amide bonds. The molecule has 8 atom stereocenters. The number of nitrogens with one attached hydrogen (secondary N) is 2. The number of aliphatic hydroxyl groups is 2. The minimum absolute atomic E-state index is 0.0532. The van der Waals surface area contributed by atoms with Crippen LogP contribution in [-0.2, 0) is 33.5 Å². The smallest absolute Gasteiger partial charge is 0.248 e. The average molecular weight is 855 g/mol. The van der Waals surface area contributed by atoms with E-state index < -0.39 is 90.3 Å². The van der Waals surface area contributed by atoms with E-state index in [1.54, 1.807) is 14.0 Å². The van der Waals surface area contributed by atoms with Crippen molar-refractivity contribution in [2.24, 2.45) is 35.3 Å². The first-order valence-electron chi connectivity index (χ1n) is 21.9. The van der Waals surface area contributed by atoms with Crippen molar-refractivity contribution in [1.29, 1.82) is 0 Å². The molecule has 0 saturated carbocycles. The van der Waals surface area contributed by atoms with Crippen LogP contribution in [0.5, 0.6) is 0 Å². The molecule has 0 aromatic carbocycles. The van der Waals surface area contributed by atoms with Gasteiger partial charge in [0.05, 0.1) is 38.0 Å². The van der Waals surface area contributed by atoms with Crippen molar-refractivity contribution in [3.8, 4) is 0 Å². The topological polar surface area (TPSA) is 218 Å². The van der Waals surface area contributed by atoms with E-state index in [0.717, 1.165) is 29.3 Å². The summed E-state index contributed by atoms with van der Waals surface area (Å²) in [6.07, 6.45) is -0.677. The predicted octanol–water partition coefficient (Wildman–Crippen LogP) is 0.749. The van der Waals surface area contributed by atoms with E-state index in [4.69, 9.17) is 10.5 Å². The summed E-state index contributed by atoms with van der Waals surface area (Å²) in [5.74, 6) is -4.06. The lowest BCUT2D eigenvalue weighted by atomic mass is 9.91. The maximum absolute atomic E-state index is 14.7. The van der Waals surface area contributed by atoms with Gasteiger partial charge in [-0.15, -0.1) is 0 Å². The van der Waals surface area contributed by atoms with Gasteiger partial charge in [0.1, 0.15) is 24.2 Å². The van der Waals surface area contributed by atoms with Crippen LogP contribution in [0.25, 0.3) is 0 Å². The van der Waals surface area contributed by atoms with Gasteiger partial charge < -0.3 is 50.9 Å². The Morgan fingerprint density at radius 3 is 1.75 bits per heavy atom. The molecular weight excluding hydrogens is 773 g/mol. The highest BCUT2D eigenvalue weighted by Crippen LogP contribution is 2.22. The van der Waals surface area contributed by atoms with Crippen molar-refractivity contribution in [2.45, 2.75) is 137 Å². The number of ether oxygens (including phenoxy) is 1. The summed E-state index contributed by atoms with van der Waals surface area (Å²) in [7, 11) is 5.74. The Hall–Kier alpha value is -3.38. The number of morpholine rings is 1. The van der Waals surface area contributed by atoms with Crippen molar-refractivity contribution >= 4 is 35.4 Å². The molecule has 1 aliphatic heterocycles. The zero-order chi connectivity index (χ0) is 46.2. The quantitative estimate of drug-likeness (QED) is 0.0818. The monoisotopic (exact) mass is 855 g/mol. The molecule has 0 aliphatic carbocycles. The maximum Gasteiger partial charge on any atom is 0.248 e. The van der Waals surface area contributed by atoms with Gasteiger partial charge in [0.15, 0.2) is 0 Å². The maximum atomic E-state index is 14.7. The zero-order valence-electron chi connectivity index (χ0n) is 39.3. The summed E-state index contributed by atoms with van der Waals surface area (Å²) in [6.45, 7) is 22.1.